The number of thioether (sulfide) groups is 1. The summed E-state index contributed by atoms with van der Waals surface area (Å²) in [7, 11) is 3.20. The Morgan fingerprint density at radius 2 is 1.83 bits per heavy atom. The number of aromatic nitrogens is 2. The number of carbonyl (C=O) groups is 1. The first-order valence-corrected chi connectivity index (χ1v) is 13.2. The summed E-state index contributed by atoms with van der Waals surface area (Å²) in [5.41, 5.74) is 1.64. The van der Waals surface area contributed by atoms with Gasteiger partial charge in [-0.3, -0.25) is 14.2 Å². The van der Waals surface area contributed by atoms with Crippen molar-refractivity contribution in [3.8, 4) is 11.5 Å². The number of hydrogen-bond acceptors (Lipinski definition) is 6. The molecule has 1 saturated carbocycles. The highest BCUT2D eigenvalue weighted by Crippen LogP contribution is 2.31. The number of para-hydroxylation sites is 1. The smallest absolute Gasteiger partial charge is 0.262 e. The van der Waals surface area contributed by atoms with Crippen molar-refractivity contribution in [1.29, 1.82) is 0 Å². The SMILES string of the molecule is CCN(Cc1ccc(OC)c(OC)c1)C(=O)CSc1nc2ccccc2c(=O)n1C1CCCCC1. The van der Waals surface area contributed by atoms with Crippen molar-refractivity contribution < 1.29 is 14.3 Å². The maximum Gasteiger partial charge on any atom is 0.262 e. The van der Waals surface area contributed by atoms with Crippen LogP contribution in [0.1, 0.15) is 50.6 Å². The Kier molecular flexibility index (Phi) is 8.33. The van der Waals surface area contributed by atoms with Gasteiger partial charge in [0, 0.05) is 19.1 Å². The molecule has 0 bridgehead atoms. The van der Waals surface area contributed by atoms with E-state index in [9.17, 15) is 9.59 Å². The molecule has 1 aliphatic rings. The fourth-order valence-electron chi connectivity index (χ4n) is 4.68. The van der Waals surface area contributed by atoms with Gasteiger partial charge >= 0.3 is 0 Å². The molecule has 4 rings (SSSR count). The van der Waals surface area contributed by atoms with Crippen LogP contribution in [-0.2, 0) is 11.3 Å². The van der Waals surface area contributed by atoms with Gasteiger partial charge in [0.25, 0.3) is 5.56 Å². The van der Waals surface area contributed by atoms with Gasteiger partial charge in [0.05, 0.1) is 30.9 Å². The lowest BCUT2D eigenvalue weighted by Crippen LogP contribution is -2.33. The summed E-state index contributed by atoms with van der Waals surface area (Å²) in [6.07, 6.45) is 5.38. The van der Waals surface area contributed by atoms with Crippen LogP contribution in [0.25, 0.3) is 10.9 Å². The highest BCUT2D eigenvalue weighted by Gasteiger charge is 2.23. The number of ether oxygens (including phenoxy) is 2. The van der Waals surface area contributed by atoms with Crippen molar-refractivity contribution in [3.05, 3.63) is 58.4 Å². The highest BCUT2D eigenvalue weighted by molar-refractivity contribution is 7.99. The molecule has 1 amide bonds. The second kappa shape index (κ2) is 11.6. The third-order valence-electron chi connectivity index (χ3n) is 6.60. The van der Waals surface area contributed by atoms with E-state index >= 15 is 0 Å². The van der Waals surface area contributed by atoms with Crippen molar-refractivity contribution in [2.75, 3.05) is 26.5 Å². The number of hydrogen-bond donors (Lipinski definition) is 0. The maximum absolute atomic E-state index is 13.4. The third-order valence-corrected chi connectivity index (χ3v) is 7.53. The Balaban J connectivity index is 1.54. The van der Waals surface area contributed by atoms with Crippen molar-refractivity contribution in [3.63, 3.8) is 0 Å². The average Bonchev–Trinajstić information content (AvgIpc) is 2.90. The molecule has 0 atom stereocenters. The number of fused-ring (bicyclic) bond motifs is 1. The van der Waals surface area contributed by atoms with E-state index < -0.39 is 0 Å². The summed E-state index contributed by atoms with van der Waals surface area (Å²) in [4.78, 5) is 33.3. The van der Waals surface area contributed by atoms with E-state index in [1.54, 1.807) is 19.1 Å². The standard InChI is InChI=1S/C27H33N3O4S/c1-4-29(17-19-14-15-23(33-2)24(16-19)34-3)25(31)18-35-27-28-22-13-9-8-12-21(22)26(32)30(27)20-10-6-5-7-11-20/h8-9,12-16,20H,4-7,10-11,17-18H2,1-3H3. The number of rotatable bonds is 9. The zero-order valence-corrected chi connectivity index (χ0v) is 21.5. The Morgan fingerprint density at radius 3 is 2.54 bits per heavy atom. The number of carbonyl (C=O) groups excluding carboxylic acids is 1. The summed E-state index contributed by atoms with van der Waals surface area (Å²) >= 11 is 1.36. The van der Waals surface area contributed by atoms with Crippen molar-refractivity contribution >= 4 is 28.6 Å². The fraction of sp³-hybridized carbons (Fsp3) is 0.444. The molecule has 1 aromatic heterocycles. The van der Waals surface area contributed by atoms with Gasteiger partial charge in [0.15, 0.2) is 16.7 Å². The van der Waals surface area contributed by atoms with Crippen LogP contribution in [0.2, 0.25) is 0 Å². The molecule has 0 unspecified atom stereocenters. The van der Waals surface area contributed by atoms with Crippen LogP contribution in [0.5, 0.6) is 11.5 Å². The first kappa shape index (κ1) is 25.1. The predicted octanol–water partition coefficient (Wildman–Crippen LogP) is 5.06. The molecule has 0 radical (unpaired) electrons. The minimum Gasteiger partial charge on any atom is -0.493 e. The molecular formula is C27H33N3O4S. The van der Waals surface area contributed by atoms with E-state index in [-0.39, 0.29) is 23.3 Å². The highest BCUT2D eigenvalue weighted by atomic mass is 32.2. The fourth-order valence-corrected chi connectivity index (χ4v) is 5.65. The summed E-state index contributed by atoms with van der Waals surface area (Å²) in [5, 5.41) is 1.27. The van der Waals surface area contributed by atoms with E-state index in [0.717, 1.165) is 31.2 Å². The van der Waals surface area contributed by atoms with Gasteiger partial charge in [0.1, 0.15) is 0 Å². The lowest BCUT2D eigenvalue weighted by molar-refractivity contribution is -0.128. The molecule has 35 heavy (non-hydrogen) atoms. The van der Waals surface area contributed by atoms with Crippen LogP contribution in [0.4, 0.5) is 0 Å². The van der Waals surface area contributed by atoms with Crippen LogP contribution in [0.15, 0.2) is 52.4 Å². The van der Waals surface area contributed by atoms with Gasteiger partial charge in [-0.05, 0) is 49.6 Å². The Bertz CT molecular complexity index is 1240. The van der Waals surface area contributed by atoms with E-state index in [1.807, 2.05) is 54.0 Å². The monoisotopic (exact) mass is 495 g/mol. The van der Waals surface area contributed by atoms with Gasteiger partial charge in [-0.15, -0.1) is 0 Å². The van der Waals surface area contributed by atoms with Crippen LogP contribution < -0.4 is 15.0 Å². The quantitative estimate of drug-likeness (QED) is 0.305. The van der Waals surface area contributed by atoms with Crippen LogP contribution in [0.3, 0.4) is 0 Å². The second-order valence-corrected chi connectivity index (χ2v) is 9.71. The number of amides is 1. The summed E-state index contributed by atoms with van der Waals surface area (Å²) < 4.78 is 12.6. The van der Waals surface area contributed by atoms with Gasteiger partial charge in [0.2, 0.25) is 5.91 Å². The maximum atomic E-state index is 13.4. The molecule has 7 nitrogen and oxygen atoms in total. The molecule has 8 heteroatoms. The Labute approximate surface area is 210 Å². The van der Waals surface area contributed by atoms with Crippen LogP contribution in [-0.4, -0.2) is 46.9 Å². The molecule has 1 aliphatic carbocycles. The van der Waals surface area contributed by atoms with Gasteiger partial charge < -0.3 is 14.4 Å². The van der Waals surface area contributed by atoms with E-state index in [0.29, 0.717) is 40.6 Å². The van der Waals surface area contributed by atoms with E-state index in [4.69, 9.17) is 14.5 Å². The first-order valence-electron chi connectivity index (χ1n) is 12.2. The normalized spacial score (nSPS) is 14.1. The van der Waals surface area contributed by atoms with E-state index in [2.05, 4.69) is 0 Å². The van der Waals surface area contributed by atoms with Crippen LogP contribution in [0, 0.1) is 0 Å². The number of methoxy groups -OCH3 is 2. The molecule has 1 fully saturated rings. The largest absolute Gasteiger partial charge is 0.493 e. The van der Waals surface area contributed by atoms with Gasteiger partial charge in [-0.25, -0.2) is 4.98 Å². The minimum atomic E-state index is -0.00451. The molecule has 0 aliphatic heterocycles. The van der Waals surface area contributed by atoms with Crippen molar-refractivity contribution in [1.82, 2.24) is 14.5 Å². The lowest BCUT2D eigenvalue weighted by Gasteiger charge is -2.26. The third kappa shape index (κ3) is 5.64. The van der Waals surface area contributed by atoms with E-state index in [1.165, 1.54) is 18.2 Å². The summed E-state index contributed by atoms with van der Waals surface area (Å²) in [5.74, 6) is 1.52. The molecule has 2 aromatic carbocycles. The Hall–Kier alpha value is -3.00. The van der Waals surface area contributed by atoms with Crippen molar-refractivity contribution in [2.24, 2.45) is 0 Å². The zero-order chi connectivity index (χ0) is 24.8. The topological polar surface area (TPSA) is 73.7 Å². The summed E-state index contributed by atoms with van der Waals surface area (Å²) in [6, 6.07) is 13.3. The second-order valence-electron chi connectivity index (χ2n) is 8.76. The average molecular weight is 496 g/mol. The first-order chi connectivity index (χ1) is 17.0. The lowest BCUT2D eigenvalue weighted by atomic mass is 9.95. The number of benzene rings is 2. The molecule has 1 heterocycles. The molecule has 3 aromatic rings. The molecule has 0 N–H and O–H groups in total. The van der Waals surface area contributed by atoms with Crippen molar-refractivity contribution in [2.45, 2.75) is 56.8 Å². The molecule has 0 saturated heterocycles. The number of nitrogens with zero attached hydrogens (tertiary/aromatic N) is 3. The Morgan fingerprint density at radius 1 is 1.09 bits per heavy atom. The zero-order valence-electron chi connectivity index (χ0n) is 20.7. The minimum absolute atomic E-state index is 0.00451. The van der Waals surface area contributed by atoms with Gasteiger partial charge in [-0.1, -0.05) is 49.2 Å². The predicted molar refractivity (Wildman–Crippen MR) is 139 cm³/mol. The molecule has 186 valence electrons. The summed E-state index contributed by atoms with van der Waals surface area (Å²) in [6.45, 7) is 3.01. The van der Waals surface area contributed by atoms with Crippen LogP contribution >= 0.6 is 11.8 Å². The molecule has 0 spiro atoms. The molecular weight excluding hydrogens is 462 g/mol. The van der Waals surface area contributed by atoms with Gasteiger partial charge in [-0.2, -0.15) is 0 Å².